The molecule has 0 bridgehead atoms. The highest BCUT2D eigenvalue weighted by Gasteiger charge is 2.25. The van der Waals surface area contributed by atoms with E-state index >= 15 is 0 Å². The number of para-hydroxylation sites is 1. The van der Waals surface area contributed by atoms with E-state index in [4.69, 9.17) is 0 Å². The highest BCUT2D eigenvalue weighted by atomic mass is 19.1. The molecule has 2 heterocycles. The molecule has 1 amide bonds. The molecular weight excluding hydrogens is 389 g/mol. The molecule has 0 radical (unpaired) electrons. The zero-order valence-electron chi connectivity index (χ0n) is 18.5. The van der Waals surface area contributed by atoms with Crippen LogP contribution in [-0.2, 0) is 13.0 Å². The van der Waals surface area contributed by atoms with Gasteiger partial charge >= 0.3 is 0 Å². The van der Waals surface area contributed by atoms with E-state index in [0.717, 1.165) is 50.8 Å². The quantitative estimate of drug-likeness (QED) is 0.566. The monoisotopic (exact) mass is 421 g/mol. The minimum Gasteiger partial charge on any atom is -0.348 e. The van der Waals surface area contributed by atoms with E-state index in [1.165, 1.54) is 17.2 Å². The van der Waals surface area contributed by atoms with E-state index in [-0.39, 0.29) is 11.7 Å². The lowest BCUT2D eigenvalue weighted by Gasteiger charge is -2.35. The molecule has 4 nitrogen and oxygen atoms in total. The molecule has 1 saturated heterocycles. The number of aryl methyl sites for hydroxylation is 1. The number of nitrogens with one attached hydrogen (secondary N) is 1. The highest BCUT2D eigenvalue weighted by molar-refractivity contribution is 5.98. The number of halogens is 1. The minimum atomic E-state index is -0.325. The fraction of sp³-hybridized carbons (Fsp3) is 0.423. The van der Waals surface area contributed by atoms with Crippen LogP contribution in [0.3, 0.4) is 0 Å². The van der Waals surface area contributed by atoms with Crippen LogP contribution < -0.4 is 0 Å². The SMILES string of the molecule is CCc1ccc(CN2CCCC(CN(CC)C(=O)c3cc4cccc(F)c4[nH]3)C2)cc1. The Morgan fingerprint density at radius 3 is 2.65 bits per heavy atom. The van der Waals surface area contributed by atoms with Crippen molar-refractivity contribution >= 4 is 16.8 Å². The molecule has 0 aliphatic carbocycles. The van der Waals surface area contributed by atoms with Crippen LogP contribution in [0, 0.1) is 11.7 Å². The number of rotatable bonds is 7. The van der Waals surface area contributed by atoms with Crippen molar-refractivity contribution in [1.29, 1.82) is 0 Å². The number of H-pyrrole nitrogens is 1. The number of carbonyl (C=O) groups excluding carboxylic acids is 1. The van der Waals surface area contributed by atoms with Gasteiger partial charge in [0.05, 0.1) is 5.52 Å². The summed E-state index contributed by atoms with van der Waals surface area (Å²) < 4.78 is 14.0. The maximum atomic E-state index is 14.0. The molecule has 3 aromatic rings. The fourth-order valence-electron chi connectivity index (χ4n) is 4.65. The second-order valence-corrected chi connectivity index (χ2v) is 8.64. The third-order valence-electron chi connectivity index (χ3n) is 6.42. The number of nitrogens with zero attached hydrogens (tertiary/aromatic N) is 2. The summed E-state index contributed by atoms with van der Waals surface area (Å²) >= 11 is 0. The first kappa shape index (κ1) is 21.6. The molecule has 0 saturated carbocycles. The summed E-state index contributed by atoms with van der Waals surface area (Å²) in [6, 6.07) is 15.6. The Morgan fingerprint density at radius 1 is 1.16 bits per heavy atom. The number of benzene rings is 2. The molecule has 1 aromatic heterocycles. The minimum absolute atomic E-state index is 0.0506. The molecule has 1 aliphatic rings. The Bertz CT molecular complexity index is 1030. The summed E-state index contributed by atoms with van der Waals surface area (Å²) in [5.41, 5.74) is 3.58. The van der Waals surface area contributed by atoms with E-state index in [1.54, 1.807) is 12.1 Å². The van der Waals surface area contributed by atoms with Crippen molar-refractivity contribution in [2.24, 2.45) is 5.92 Å². The van der Waals surface area contributed by atoms with Crippen LogP contribution in [0.25, 0.3) is 10.9 Å². The smallest absolute Gasteiger partial charge is 0.270 e. The molecule has 1 aliphatic heterocycles. The van der Waals surface area contributed by atoms with Crippen LogP contribution in [0.1, 0.15) is 48.3 Å². The Kier molecular flexibility index (Phi) is 6.71. The summed E-state index contributed by atoms with van der Waals surface area (Å²) in [6.07, 6.45) is 3.35. The Balaban J connectivity index is 1.39. The first-order valence-corrected chi connectivity index (χ1v) is 11.4. The number of hydrogen-bond donors (Lipinski definition) is 1. The predicted molar refractivity (Wildman–Crippen MR) is 124 cm³/mol. The van der Waals surface area contributed by atoms with Crippen LogP contribution in [0.15, 0.2) is 48.5 Å². The van der Waals surface area contributed by atoms with Gasteiger partial charge in [-0.2, -0.15) is 0 Å². The molecular formula is C26H32FN3O. The molecule has 1 unspecified atom stereocenters. The molecule has 4 rings (SSSR count). The van der Waals surface area contributed by atoms with Crippen LogP contribution in [0.4, 0.5) is 4.39 Å². The standard InChI is InChI=1S/C26H32FN3O/c1-3-19-10-12-20(13-11-19)16-29-14-6-7-21(17-29)18-30(4-2)26(31)24-15-22-8-5-9-23(27)25(22)28-24/h5,8-13,15,21,28H,3-4,6-7,14,16-18H2,1-2H3. The van der Waals surface area contributed by atoms with Crippen molar-refractivity contribution in [2.75, 3.05) is 26.2 Å². The fourth-order valence-corrected chi connectivity index (χ4v) is 4.65. The topological polar surface area (TPSA) is 39.3 Å². The van der Waals surface area contributed by atoms with E-state index in [1.807, 2.05) is 17.9 Å². The number of likely N-dealkylation sites (tertiary alicyclic amines) is 1. The van der Waals surface area contributed by atoms with Gasteiger partial charge in [-0.15, -0.1) is 0 Å². The third-order valence-corrected chi connectivity index (χ3v) is 6.42. The lowest BCUT2D eigenvalue weighted by molar-refractivity contribution is 0.0680. The van der Waals surface area contributed by atoms with Gasteiger partial charge in [0, 0.05) is 31.6 Å². The molecule has 1 atom stereocenters. The molecule has 31 heavy (non-hydrogen) atoms. The van der Waals surface area contributed by atoms with Crippen molar-refractivity contribution in [3.8, 4) is 0 Å². The first-order valence-electron chi connectivity index (χ1n) is 11.4. The van der Waals surface area contributed by atoms with Crippen LogP contribution in [0.5, 0.6) is 0 Å². The molecule has 5 heteroatoms. The number of amides is 1. The lowest BCUT2D eigenvalue weighted by atomic mass is 9.96. The van der Waals surface area contributed by atoms with Gasteiger partial charge in [0.2, 0.25) is 0 Å². The van der Waals surface area contributed by atoms with Crippen molar-refractivity contribution in [3.05, 3.63) is 71.2 Å². The predicted octanol–water partition coefficient (Wildman–Crippen LogP) is 5.24. The van der Waals surface area contributed by atoms with Gasteiger partial charge in [-0.1, -0.05) is 43.3 Å². The van der Waals surface area contributed by atoms with Gasteiger partial charge < -0.3 is 9.88 Å². The van der Waals surface area contributed by atoms with Gasteiger partial charge in [-0.25, -0.2) is 4.39 Å². The summed E-state index contributed by atoms with van der Waals surface area (Å²) in [4.78, 5) is 20.5. The second kappa shape index (κ2) is 9.65. The van der Waals surface area contributed by atoms with E-state index in [0.29, 0.717) is 23.7 Å². The van der Waals surface area contributed by atoms with Gasteiger partial charge in [0.1, 0.15) is 11.5 Å². The van der Waals surface area contributed by atoms with Crippen molar-refractivity contribution in [1.82, 2.24) is 14.8 Å². The van der Waals surface area contributed by atoms with Crippen molar-refractivity contribution in [3.63, 3.8) is 0 Å². The average Bonchev–Trinajstić information content (AvgIpc) is 3.24. The Hall–Kier alpha value is -2.66. The average molecular weight is 422 g/mol. The van der Waals surface area contributed by atoms with Gasteiger partial charge in [0.15, 0.2) is 0 Å². The summed E-state index contributed by atoms with van der Waals surface area (Å²) in [6.45, 7) is 8.63. The molecule has 164 valence electrons. The molecule has 2 aromatic carbocycles. The van der Waals surface area contributed by atoms with Crippen LogP contribution in [-0.4, -0.2) is 46.9 Å². The molecule has 0 spiro atoms. The second-order valence-electron chi connectivity index (χ2n) is 8.64. The first-order chi connectivity index (χ1) is 15.1. The Labute approximate surface area is 184 Å². The van der Waals surface area contributed by atoms with Gasteiger partial charge in [-0.3, -0.25) is 9.69 Å². The van der Waals surface area contributed by atoms with Crippen LogP contribution >= 0.6 is 0 Å². The van der Waals surface area contributed by atoms with E-state index < -0.39 is 0 Å². The molecule has 1 N–H and O–H groups in total. The molecule has 1 fully saturated rings. The van der Waals surface area contributed by atoms with E-state index in [2.05, 4.69) is 41.1 Å². The summed E-state index contributed by atoms with van der Waals surface area (Å²) in [5, 5.41) is 0.734. The maximum absolute atomic E-state index is 14.0. The number of carbonyl (C=O) groups is 1. The normalized spacial score (nSPS) is 17.2. The third kappa shape index (κ3) is 4.99. The zero-order chi connectivity index (χ0) is 21.8. The number of hydrogen-bond acceptors (Lipinski definition) is 2. The van der Waals surface area contributed by atoms with Crippen LogP contribution in [0.2, 0.25) is 0 Å². The van der Waals surface area contributed by atoms with E-state index in [9.17, 15) is 9.18 Å². The van der Waals surface area contributed by atoms with Crippen molar-refractivity contribution in [2.45, 2.75) is 39.7 Å². The summed E-state index contributed by atoms with van der Waals surface area (Å²) in [5.74, 6) is 0.0774. The lowest BCUT2D eigenvalue weighted by Crippen LogP contribution is -2.42. The summed E-state index contributed by atoms with van der Waals surface area (Å²) in [7, 11) is 0. The number of fused-ring (bicyclic) bond motifs is 1. The largest absolute Gasteiger partial charge is 0.348 e. The zero-order valence-corrected chi connectivity index (χ0v) is 18.5. The van der Waals surface area contributed by atoms with Crippen molar-refractivity contribution < 1.29 is 9.18 Å². The van der Waals surface area contributed by atoms with Gasteiger partial charge in [0.25, 0.3) is 5.91 Å². The maximum Gasteiger partial charge on any atom is 0.270 e. The number of aromatic amines is 1. The number of aromatic nitrogens is 1. The number of piperidine rings is 1. The highest BCUT2D eigenvalue weighted by Crippen LogP contribution is 2.23. The van der Waals surface area contributed by atoms with Gasteiger partial charge in [-0.05, 0) is 61.9 Å². The Morgan fingerprint density at radius 2 is 1.94 bits per heavy atom.